The molecule has 11 heteroatoms. The smallest absolute Gasteiger partial charge is 0.323 e. The van der Waals surface area contributed by atoms with Crippen LogP contribution in [0.3, 0.4) is 0 Å². The Kier molecular flexibility index (Phi) is 13.4. The number of amides is 3. The van der Waals surface area contributed by atoms with Crippen LogP contribution in [0.4, 0.5) is 16.2 Å². The molecule has 47 heavy (non-hydrogen) atoms. The summed E-state index contributed by atoms with van der Waals surface area (Å²) < 4.78 is 18.0. The second-order valence-electron chi connectivity index (χ2n) is 12.4. The van der Waals surface area contributed by atoms with Crippen molar-refractivity contribution in [1.29, 1.82) is 0 Å². The Bertz CT molecular complexity index is 1420. The van der Waals surface area contributed by atoms with Gasteiger partial charge in [-0.3, -0.25) is 14.7 Å². The Morgan fingerprint density at radius 3 is 2.49 bits per heavy atom. The van der Waals surface area contributed by atoms with E-state index in [1.807, 2.05) is 26.0 Å². The van der Waals surface area contributed by atoms with E-state index in [0.717, 1.165) is 31.4 Å². The van der Waals surface area contributed by atoms with E-state index in [4.69, 9.17) is 14.2 Å². The van der Waals surface area contributed by atoms with Crippen LogP contribution in [0.15, 0.2) is 67.0 Å². The maximum Gasteiger partial charge on any atom is 0.323 e. The second-order valence-corrected chi connectivity index (χ2v) is 12.4. The molecule has 4 rings (SSSR count). The highest BCUT2D eigenvalue weighted by molar-refractivity contribution is 6.02. The Morgan fingerprint density at radius 1 is 1.09 bits per heavy atom. The molecule has 0 saturated carbocycles. The van der Waals surface area contributed by atoms with Gasteiger partial charge in [-0.25, -0.2) is 4.79 Å². The molecule has 3 amide bonds. The van der Waals surface area contributed by atoms with E-state index < -0.39 is 12.1 Å². The number of aliphatic hydroxyl groups excluding tert-OH is 1. The van der Waals surface area contributed by atoms with Crippen LogP contribution in [-0.2, 0) is 11.3 Å². The number of likely N-dealkylation sites (N-methyl/N-ethyl adjacent to an activating group) is 1. The number of hydrogen-bond donors (Lipinski definition) is 3. The molecule has 0 unspecified atom stereocenters. The quantitative estimate of drug-likeness (QED) is 0.272. The fraction of sp³-hybridized carbons (Fsp3) is 0.472. The van der Waals surface area contributed by atoms with E-state index >= 15 is 0 Å². The van der Waals surface area contributed by atoms with Gasteiger partial charge in [0.15, 0.2) is 0 Å². The monoisotopic (exact) mass is 647 g/mol. The predicted molar refractivity (Wildman–Crippen MR) is 183 cm³/mol. The number of rotatable bonds is 9. The summed E-state index contributed by atoms with van der Waals surface area (Å²) in [7, 11) is 3.64. The van der Waals surface area contributed by atoms with Crippen molar-refractivity contribution in [2.45, 2.75) is 64.8 Å². The van der Waals surface area contributed by atoms with E-state index in [1.165, 1.54) is 0 Å². The SMILES string of the molecule is COc1ccc(NC(=O)Nc2ccc3c(c2)C(=O)N([C@H](C)CO)C[C@H](C)[C@@H](CN(C)Cc2ccncc2)OCCCC[C@H](C)O3)cc1. The van der Waals surface area contributed by atoms with Crippen molar-refractivity contribution in [3.8, 4) is 11.5 Å². The number of anilines is 2. The van der Waals surface area contributed by atoms with Crippen molar-refractivity contribution in [3.05, 3.63) is 78.1 Å². The van der Waals surface area contributed by atoms with E-state index in [0.29, 0.717) is 48.1 Å². The van der Waals surface area contributed by atoms with Crippen LogP contribution < -0.4 is 20.1 Å². The van der Waals surface area contributed by atoms with Crippen LogP contribution in [-0.4, -0.2) is 90.5 Å². The largest absolute Gasteiger partial charge is 0.497 e. The lowest BCUT2D eigenvalue weighted by Crippen LogP contribution is -2.47. The molecular weight excluding hydrogens is 598 g/mol. The molecule has 4 atom stereocenters. The molecule has 11 nitrogen and oxygen atoms in total. The van der Waals surface area contributed by atoms with Crippen molar-refractivity contribution < 1.29 is 28.9 Å². The molecule has 0 aliphatic carbocycles. The minimum absolute atomic E-state index is 0.0457. The topological polar surface area (TPSA) is 125 Å². The van der Waals surface area contributed by atoms with Gasteiger partial charge < -0.3 is 34.9 Å². The van der Waals surface area contributed by atoms with Gasteiger partial charge in [0.1, 0.15) is 11.5 Å². The van der Waals surface area contributed by atoms with Gasteiger partial charge >= 0.3 is 6.03 Å². The van der Waals surface area contributed by atoms with Gasteiger partial charge in [-0.1, -0.05) is 6.92 Å². The summed E-state index contributed by atoms with van der Waals surface area (Å²) in [6.07, 6.45) is 5.89. The molecule has 1 aliphatic rings. The van der Waals surface area contributed by atoms with E-state index in [9.17, 15) is 14.7 Å². The van der Waals surface area contributed by atoms with Gasteiger partial charge in [-0.05, 0) is 100 Å². The van der Waals surface area contributed by atoms with Gasteiger partial charge in [-0.15, -0.1) is 0 Å². The molecule has 0 bridgehead atoms. The Labute approximate surface area is 278 Å². The molecule has 0 radical (unpaired) electrons. The van der Waals surface area contributed by atoms with Crippen LogP contribution in [0.5, 0.6) is 11.5 Å². The first-order valence-electron chi connectivity index (χ1n) is 16.3. The van der Waals surface area contributed by atoms with Gasteiger partial charge in [0.05, 0.1) is 37.5 Å². The van der Waals surface area contributed by atoms with Crippen molar-refractivity contribution in [1.82, 2.24) is 14.8 Å². The van der Waals surface area contributed by atoms with Crippen LogP contribution in [0.2, 0.25) is 0 Å². The summed E-state index contributed by atoms with van der Waals surface area (Å²) in [5.41, 5.74) is 2.50. The molecule has 254 valence electrons. The van der Waals surface area contributed by atoms with Crippen LogP contribution >= 0.6 is 0 Å². The third kappa shape index (κ3) is 10.7. The summed E-state index contributed by atoms with van der Waals surface area (Å²) in [5.74, 6) is 0.783. The number of nitrogens with zero attached hydrogens (tertiary/aromatic N) is 3. The first-order valence-corrected chi connectivity index (χ1v) is 16.3. The summed E-state index contributed by atoms with van der Waals surface area (Å²) in [6, 6.07) is 15.2. The molecule has 0 saturated heterocycles. The van der Waals surface area contributed by atoms with Crippen molar-refractivity contribution in [2.75, 3.05) is 51.1 Å². The molecular formula is C36H49N5O6. The fourth-order valence-corrected chi connectivity index (χ4v) is 5.60. The zero-order valence-corrected chi connectivity index (χ0v) is 28.1. The maximum atomic E-state index is 14.4. The zero-order valence-electron chi connectivity index (χ0n) is 28.1. The number of nitrogens with one attached hydrogen (secondary N) is 2. The van der Waals surface area contributed by atoms with Gasteiger partial charge in [0.25, 0.3) is 5.91 Å². The minimum Gasteiger partial charge on any atom is -0.497 e. The number of carbonyl (C=O) groups is 2. The molecule has 3 N–H and O–H groups in total. The normalized spacial score (nSPS) is 20.0. The number of fused-ring (bicyclic) bond motifs is 1. The lowest BCUT2D eigenvalue weighted by atomic mass is 10.0. The molecule has 1 aliphatic heterocycles. The maximum absolute atomic E-state index is 14.4. The van der Waals surface area contributed by atoms with E-state index in [1.54, 1.807) is 66.9 Å². The Balaban J connectivity index is 1.57. The minimum atomic E-state index is -0.465. The standard InChI is InChI=1S/C36H49N5O6/c1-25-21-41(26(2)24-42)35(43)32-20-30(39-36(44)38-29-9-12-31(45-5)13-10-29)11-14-33(32)47-27(3)8-6-7-19-46-34(25)23-40(4)22-28-15-17-37-18-16-28/h9-18,20,25-27,34,42H,6-8,19,21-24H2,1-5H3,(H2,38,39,44)/t25-,26+,27-,34+/m0/s1. The van der Waals surface area contributed by atoms with Crippen molar-refractivity contribution >= 4 is 23.3 Å². The first-order chi connectivity index (χ1) is 22.7. The number of ether oxygens (including phenoxy) is 3. The second kappa shape index (κ2) is 17.7. The van der Waals surface area contributed by atoms with Crippen molar-refractivity contribution in [2.24, 2.45) is 5.92 Å². The number of methoxy groups -OCH3 is 1. The van der Waals surface area contributed by atoms with Crippen LogP contribution in [0, 0.1) is 5.92 Å². The van der Waals surface area contributed by atoms with Crippen LogP contribution in [0.1, 0.15) is 56.0 Å². The highest BCUT2D eigenvalue weighted by Gasteiger charge is 2.30. The molecule has 2 aromatic carbocycles. The molecule has 0 fully saturated rings. The molecule has 2 heterocycles. The lowest BCUT2D eigenvalue weighted by Gasteiger charge is -2.36. The highest BCUT2D eigenvalue weighted by atomic mass is 16.5. The number of aliphatic hydroxyl groups is 1. The van der Waals surface area contributed by atoms with Crippen molar-refractivity contribution in [3.63, 3.8) is 0 Å². The third-order valence-corrected chi connectivity index (χ3v) is 8.35. The summed E-state index contributed by atoms with van der Waals surface area (Å²) in [5, 5.41) is 15.9. The van der Waals surface area contributed by atoms with Gasteiger partial charge in [0.2, 0.25) is 0 Å². The van der Waals surface area contributed by atoms with Gasteiger partial charge in [0, 0.05) is 55.9 Å². The zero-order chi connectivity index (χ0) is 33.8. The summed E-state index contributed by atoms with van der Waals surface area (Å²) in [6.45, 7) is 8.08. The number of hydrogen-bond acceptors (Lipinski definition) is 8. The van der Waals surface area contributed by atoms with E-state index in [2.05, 4.69) is 34.5 Å². The number of benzene rings is 2. The molecule has 0 spiro atoms. The fourth-order valence-electron chi connectivity index (χ4n) is 5.60. The number of pyridine rings is 1. The molecule has 1 aromatic heterocycles. The average molecular weight is 648 g/mol. The highest BCUT2D eigenvalue weighted by Crippen LogP contribution is 2.29. The number of aromatic nitrogens is 1. The first kappa shape index (κ1) is 35.7. The van der Waals surface area contributed by atoms with E-state index in [-0.39, 0.29) is 30.6 Å². The predicted octanol–water partition coefficient (Wildman–Crippen LogP) is 5.66. The summed E-state index contributed by atoms with van der Waals surface area (Å²) >= 11 is 0. The number of urea groups is 1. The van der Waals surface area contributed by atoms with Crippen LogP contribution in [0.25, 0.3) is 0 Å². The Morgan fingerprint density at radius 2 is 1.79 bits per heavy atom. The average Bonchev–Trinajstić information content (AvgIpc) is 3.06. The van der Waals surface area contributed by atoms with Gasteiger partial charge in [-0.2, -0.15) is 0 Å². The Hall–Kier alpha value is -4.19. The molecule has 3 aromatic rings. The number of carbonyl (C=O) groups excluding carboxylic acids is 2. The summed E-state index contributed by atoms with van der Waals surface area (Å²) in [4.78, 5) is 35.3. The lowest BCUT2D eigenvalue weighted by molar-refractivity contribution is -0.0177. The third-order valence-electron chi connectivity index (χ3n) is 8.35.